The van der Waals surface area contributed by atoms with Crippen LogP contribution in [0.5, 0.6) is 0 Å². The molecule has 7 heteroatoms. The quantitative estimate of drug-likeness (QED) is 0.775. The third kappa shape index (κ3) is 2.00. The topological polar surface area (TPSA) is 91.8 Å². The number of aliphatic carboxylic acids is 1. The minimum absolute atomic E-state index is 0.104. The predicted octanol–water partition coefficient (Wildman–Crippen LogP) is -0.116. The number of hydrogen-bond acceptors (Lipinski definition) is 4. The first-order chi connectivity index (χ1) is 8.23. The van der Waals surface area contributed by atoms with E-state index in [0.29, 0.717) is 12.8 Å². The molecule has 6 nitrogen and oxygen atoms in total. The molecule has 0 radical (unpaired) electrons. The van der Waals surface area contributed by atoms with Gasteiger partial charge in [0.15, 0.2) is 9.84 Å². The molecule has 2 aliphatic rings. The number of amides is 1. The molecule has 2 bridgehead atoms. The summed E-state index contributed by atoms with van der Waals surface area (Å²) >= 11 is 0. The van der Waals surface area contributed by atoms with Gasteiger partial charge >= 0.3 is 5.97 Å². The Morgan fingerprint density at radius 2 is 1.94 bits per heavy atom. The van der Waals surface area contributed by atoms with E-state index in [-0.39, 0.29) is 12.1 Å². The van der Waals surface area contributed by atoms with Gasteiger partial charge in [-0.05, 0) is 26.2 Å². The van der Waals surface area contributed by atoms with Crippen LogP contribution < -0.4 is 0 Å². The van der Waals surface area contributed by atoms with Crippen LogP contribution in [-0.2, 0) is 19.4 Å². The molecule has 0 aromatic carbocycles. The summed E-state index contributed by atoms with van der Waals surface area (Å²) in [5.41, 5.74) is 0. The van der Waals surface area contributed by atoms with Gasteiger partial charge in [0.25, 0.3) is 0 Å². The van der Waals surface area contributed by atoms with E-state index in [9.17, 15) is 18.0 Å². The molecule has 2 fully saturated rings. The Labute approximate surface area is 106 Å². The van der Waals surface area contributed by atoms with Crippen molar-refractivity contribution >= 4 is 21.7 Å². The number of carbonyl (C=O) groups excluding carboxylic acids is 1. The third-order valence-corrected chi connectivity index (χ3v) is 5.58. The second-order valence-electron chi connectivity index (χ2n) is 5.20. The van der Waals surface area contributed by atoms with E-state index in [1.54, 1.807) is 0 Å². The van der Waals surface area contributed by atoms with Gasteiger partial charge in [0.05, 0.1) is 5.92 Å². The van der Waals surface area contributed by atoms with Gasteiger partial charge < -0.3 is 10.0 Å². The SMILES string of the molecule is CC(C(=O)N1C2CCC1C(C(=O)O)C2)S(C)(=O)=O. The van der Waals surface area contributed by atoms with Crippen molar-refractivity contribution in [2.45, 2.75) is 43.5 Å². The highest BCUT2D eigenvalue weighted by Crippen LogP contribution is 2.42. The van der Waals surface area contributed by atoms with E-state index in [0.717, 1.165) is 12.7 Å². The van der Waals surface area contributed by atoms with Crippen molar-refractivity contribution in [1.82, 2.24) is 4.90 Å². The van der Waals surface area contributed by atoms with Crippen LogP contribution in [0.4, 0.5) is 0 Å². The minimum Gasteiger partial charge on any atom is -0.481 e. The van der Waals surface area contributed by atoms with Crippen LogP contribution in [0.15, 0.2) is 0 Å². The fourth-order valence-electron chi connectivity index (χ4n) is 2.99. The lowest BCUT2D eigenvalue weighted by atomic mass is 9.89. The summed E-state index contributed by atoms with van der Waals surface area (Å²) < 4.78 is 22.8. The fraction of sp³-hybridized carbons (Fsp3) is 0.818. The van der Waals surface area contributed by atoms with E-state index in [2.05, 4.69) is 0 Å². The lowest BCUT2D eigenvalue weighted by Gasteiger charge is -2.25. The smallest absolute Gasteiger partial charge is 0.308 e. The lowest BCUT2D eigenvalue weighted by Crippen LogP contribution is -2.45. The molecular formula is C11H17NO5S. The molecule has 1 N–H and O–H groups in total. The highest BCUT2D eigenvalue weighted by atomic mass is 32.2. The average Bonchev–Trinajstić information content (AvgIpc) is 2.82. The molecule has 4 atom stereocenters. The van der Waals surface area contributed by atoms with Crippen LogP contribution >= 0.6 is 0 Å². The van der Waals surface area contributed by atoms with Gasteiger partial charge in [-0.3, -0.25) is 9.59 Å². The maximum Gasteiger partial charge on any atom is 0.308 e. The number of fused-ring (bicyclic) bond motifs is 2. The molecule has 0 saturated carbocycles. The predicted molar refractivity (Wildman–Crippen MR) is 63.7 cm³/mol. The zero-order valence-electron chi connectivity index (χ0n) is 10.4. The van der Waals surface area contributed by atoms with Crippen molar-refractivity contribution < 1.29 is 23.1 Å². The van der Waals surface area contributed by atoms with Crippen LogP contribution in [0.3, 0.4) is 0 Å². The van der Waals surface area contributed by atoms with Gasteiger partial charge in [-0.15, -0.1) is 0 Å². The summed E-state index contributed by atoms with van der Waals surface area (Å²) in [6.07, 6.45) is 2.91. The molecule has 18 heavy (non-hydrogen) atoms. The number of hydrogen-bond donors (Lipinski definition) is 1. The van der Waals surface area contributed by atoms with E-state index in [4.69, 9.17) is 5.11 Å². The Hall–Kier alpha value is -1.11. The van der Waals surface area contributed by atoms with Gasteiger partial charge in [-0.2, -0.15) is 0 Å². The van der Waals surface area contributed by atoms with Crippen molar-refractivity contribution in [2.75, 3.05) is 6.26 Å². The Balaban J connectivity index is 2.21. The van der Waals surface area contributed by atoms with Crippen LogP contribution in [0, 0.1) is 5.92 Å². The molecule has 1 amide bonds. The monoisotopic (exact) mass is 275 g/mol. The second kappa shape index (κ2) is 4.22. The number of sulfone groups is 1. The van der Waals surface area contributed by atoms with E-state index < -0.39 is 32.9 Å². The summed E-state index contributed by atoms with van der Waals surface area (Å²) in [4.78, 5) is 24.7. The normalized spacial score (nSPS) is 32.6. The Morgan fingerprint density at radius 3 is 2.39 bits per heavy atom. The van der Waals surface area contributed by atoms with Crippen molar-refractivity contribution in [3.8, 4) is 0 Å². The molecule has 4 unspecified atom stereocenters. The molecule has 0 spiro atoms. The molecule has 2 saturated heterocycles. The number of carboxylic acids is 1. The van der Waals surface area contributed by atoms with Gasteiger partial charge in [0.1, 0.15) is 5.25 Å². The number of carboxylic acid groups (broad SMARTS) is 1. The first-order valence-electron chi connectivity index (χ1n) is 5.97. The zero-order chi connectivity index (χ0) is 13.7. The Morgan fingerprint density at radius 1 is 1.33 bits per heavy atom. The maximum absolute atomic E-state index is 12.2. The molecule has 2 aliphatic heterocycles. The third-order valence-electron chi connectivity index (χ3n) is 4.10. The first-order valence-corrected chi connectivity index (χ1v) is 7.92. The largest absolute Gasteiger partial charge is 0.481 e. The summed E-state index contributed by atoms with van der Waals surface area (Å²) in [6.45, 7) is 1.37. The van der Waals surface area contributed by atoms with E-state index in [1.807, 2.05) is 0 Å². The molecule has 0 aliphatic carbocycles. The molecule has 2 rings (SSSR count). The van der Waals surface area contributed by atoms with Crippen molar-refractivity contribution in [3.05, 3.63) is 0 Å². The minimum atomic E-state index is -3.43. The number of nitrogens with zero attached hydrogens (tertiary/aromatic N) is 1. The van der Waals surface area contributed by atoms with Crippen LogP contribution in [-0.4, -0.2) is 53.9 Å². The Kier molecular flexibility index (Phi) is 3.12. The fourth-order valence-corrected chi connectivity index (χ4v) is 3.48. The lowest BCUT2D eigenvalue weighted by molar-refractivity contribution is -0.143. The molecular weight excluding hydrogens is 258 g/mol. The van der Waals surface area contributed by atoms with Gasteiger partial charge in [-0.25, -0.2) is 8.42 Å². The number of rotatable bonds is 3. The van der Waals surface area contributed by atoms with Crippen molar-refractivity contribution in [1.29, 1.82) is 0 Å². The highest BCUT2D eigenvalue weighted by molar-refractivity contribution is 7.92. The number of carbonyl (C=O) groups is 2. The average molecular weight is 275 g/mol. The molecule has 0 aromatic heterocycles. The second-order valence-corrected chi connectivity index (χ2v) is 7.56. The van der Waals surface area contributed by atoms with Gasteiger partial charge in [0.2, 0.25) is 5.91 Å². The van der Waals surface area contributed by atoms with Crippen LogP contribution in [0.1, 0.15) is 26.2 Å². The van der Waals surface area contributed by atoms with Crippen molar-refractivity contribution in [3.63, 3.8) is 0 Å². The Bertz CT molecular complexity index is 486. The summed E-state index contributed by atoms with van der Waals surface area (Å²) in [5, 5.41) is 7.99. The van der Waals surface area contributed by atoms with E-state index in [1.165, 1.54) is 11.8 Å². The van der Waals surface area contributed by atoms with Gasteiger partial charge in [0, 0.05) is 18.3 Å². The highest BCUT2D eigenvalue weighted by Gasteiger charge is 2.52. The summed E-state index contributed by atoms with van der Waals surface area (Å²) in [6, 6.07) is -0.433. The summed E-state index contributed by atoms with van der Waals surface area (Å²) in [5.74, 6) is -1.89. The maximum atomic E-state index is 12.2. The standard InChI is InChI=1S/C11H17NO5S/c1-6(18(2,16)17)10(13)12-7-3-4-9(12)8(5-7)11(14)15/h6-9H,3-5H2,1-2H3,(H,14,15). The first kappa shape index (κ1) is 13.3. The summed E-state index contributed by atoms with van der Waals surface area (Å²) in [7, 11) is -3.43. The van der Waals surface area contributed by atoms with Crippen LogP contribution in [0.2, 0.25) is 0 Å². The molecule has 102 valence electrons. The molecule has 0 aromatic rings. The van der Waals surface area contributed by atoms with Gasteiger partial charge in [-0.1, -0.05) is 0 Å². The van der Waals surface area contributed by atoms with Crippen molar-refractivity contribution in [2.24, 2.45) is 5.92 Å². The molecule has 2 heterocycles. The van der Waals surface area contributed by atoms with Crippen LogP contribution in [0.25, 0.3) is 0 Å². The van der Waals surface area contributed by atoms with E-state index >= 15 is 0 Å². The zero-order valence-corrected chi connectivity index (χ0v) is 11.2.